The minimum Gasteiger partial charge on any atom is -0.342 e. The minimum atomic E-state index is 0.568. The van der Waals surface area contributed by atoms with E-state index in [9.17, 15) is 0 Å². The standard InChI is InChI=1S/C14H15ClN2/c15-9-4-5-13-11(8-9)10-2-1-3-12-14(10)17(13)7-6-16-12/h4-5,8,12,16H,1-3,6-7H2/t12-/m1/s1. The SMILES string of the molecule is Clc1ccc2c(c1)c1c3n2CCN[C@@H]3CCC1. The van der Waals surface area contributed by atoms with Gasteiger partial charge < -0.3 is 9.88 Å². The third-order valence-electron chi connectivity index (χ3n) is 4.15. The maximum Gasteiger partial charge on any atom is 0.0487 e. The van der Waals surface area contributed by atoms with Gasteiger partial charge in [-0.05, 0) is 43.0 Å². The van der Waals surface area contributed by atoms with E-state index in [-0.39, 0.29) is 0 Å². The zero-order chi connectivity index (χ0) is 11.4. The second-order valence-electron chi connectivity index (χ2n) is 5.08. The second-order valence-corrected chi connectivity index (χ2v) is 5.51. The van der Waals surface area contributed by atoms with Crippen LogP contribution in [0.3, 0.4) is 0 Å². The normalized spacial score (nSPS) is 22.8. The first-order valence-corrected chi connectivity index (χ1v) is 6.76. The molecule has 2 heterocycles. The first-order chi connectivity index (χ1) is 8.34. The number of nitrogens with one attached hydrogen (secondary N) is 1. The lowest BCUT2D eigenvalue weighted by Crippen LogP contribution is -2.35. The minimum absolute atomic E-state index is 0.568. The molecule has 0 saturated carbocycles. The van der Waals surface area contributed by atoms with Gasteiger partial charge in [-0.2, -0.15) is 0 Å². The molecule has 1 N–H and O–H groups in total. The number of nitrogens with zero attached hydrogens (tertiary/aromatic N) is 1. The third-order valence-corrected chi connectivity index (χ3v) is 4.39. The molecule has 0 radical (unpaired) electrons. The van der Waals surface area contributed by atoms with Gasteiger partial charge in [-0.1, -0.05) is 11.6 Å². The first-order valence-electron chi connectivity index (χ1n) is 6.38. The highest BCUT2D eigenvalue weighted by Crippen LogP contribution is 2.39. The van der Waals surface area contributed by atoms with Gasteiger partial charge in [0.15, 0.2) is 0 Å². The Morgan fingerprint density at radius 3 is 3.24 bits per heavy atom. The van der Waals surface area contributed by atoms with Crippen LogP contribution >= 0.6 is 11.6 Å². The van der Waals surface area contributed by atoms with Crippen molar-refractivity contribution in [2.45, 2.75) is 31.8 Å². The molecule has 2 aromatic rings. The maximum absolute atomic E-state index is 6.14. The Labute approximate surface area is 106 Å². The topological polar surface area (TPSA) is 17.0 Å². The molecular weight excluding hydrogens is 232 g/mol. The lowest BCUT2D eigenvalue weighted by molar-refractivity contribution is 0.384. The van der Waals surface area contributed by atoms with E-state index in [1.54, 1.807) is 0 Å². The average Bonchev–Trinajstić information content (AvgIpc) is 2.67. The van der Waals surface area contributed by atoms with E-state index in [0.717, 1.165) is 18.1 Å². The Morgan fingerprint density at radius 2 is 2.29 bits per heavy atom. The highest BCUT2D eigenvalue weighted by atomic mass is 35.5. The Balaban J connectivity index is 2.11. The van der Waals surface area contributed by atoms with Crippen molar-refractivity contribution in [1.29, 1.82) is 0 Å². The van der Waals surface area contributed by atoms with Crippen LogP contribution in [0.15, 0.2) is 18.2 Å². The van der Waals surface area contributed by atoms with Crippen LogP contribution in [0.1, 0.15) is 30.1 Å². The largest absolute Gasteiger partial charge is 0.342 e. The summed E-state index contributed by atoms with van der Waals surface area (Å²) >= 11 is 6.14. The summed E-state index contributed by atoms with van der Waals surface area (Å²) in [6.07, 6.45) is 3.77. The number of halogens is 1. The molecular formula is C14H15ClN2. The molecule has 17 heavy (non-hydrogen) atoms. The van der Waals surface area contributed by atoms with Gasteiger partial charge in [0.1, 0.15) is 0 Å². The number of aromatic nitrogens is 1. The summed E-state index contributed by atoms with van der Waals surface area (Å²) in [6.45, 7) is 2.17. The van der Waals surface area contributed by atoms with E-state index in [4.69, 9.17) is 11.6 Å². The van der Waals surface area contributed by atoms with E-state index in [1.165, 1.54) is 41.4 Å². The number of aryl methyl sites for hydroxylation is 1. The van der Waals surface area contributed by atoms with Crippen molar-refractivity contribution in [3.05, 3.63) is 34.5 Å². The molecule has 0 amide bonds. The lowest BCUT2D eigenvalue weighted by atomic mass is 9.91. The van der Waals surface area contributed by atoms with Crippen LogP contribution in [0.2, 0.25) is 5.02 Å². The summed E-state index contributed by atoms with van der Waals surface area (Å²) in [5.74, 6) is 0. The fourth-order valence-electron chi connectivity index (χ4n) is 3.49. The first kappa shape index (κ1) is 9.98. The van der Waals surface area contributed by atoms with Crippen molar-refractivity contribution >= 4 is 22.5 Å². The van der Waals surface area contributed by atoms with Crippen LogP contribution in [0.4, 0.5) is 0 Å². The summed E-state index contributed by atoms with van der Waals surface area (Å²) in [5.41, 5.74) is 4.43. The van der Waals surface area contributed by atoms with Gasteiger partial charge in [0.2, 0.25) is 0 Å². The van der Waals surface area contributed by atoms with Gasteiger partial charge in [0.05, 0.1) is 0 Å². The molecule has 0 spiro atoms. The Morgan fingerprint density at radius 1 is 1.35 bits per heavy atom. The third kappa shape index (κ3) is 1.31. The van der Waals surface area contributed by atoms with Gasteiger partial charge in [0.25, 0.3) is 0 Å². The fraction of sp³-hybridized carbons (Fsp3) is 0.429. The van der Waals surface area contributed by atoms with Crippen LogP contribution in [-0.4, -0.2) is 11.1 Å². The number of rotatable bonds is 0. The van der Waals surface area contributed by atoms with Crippen LogP contribution in [0, 0.1) is 0 Å². The molecule has 1 aromatic carbocycles. The van der Waals surface area contributed by atoms with Crippen molar-refractivity contribution < 1.29 is 0 Å². The molecule has 2 nitrogen and oxygen atoms in total. The molecule has 3 heteroatoms. The summed E-state index contributed by atoms with van der Waals surface area (Å²) in [7, 11) is 0. The predicted molar refractivity (Wildman–Crippen MR) is 70.6 cm³/mol. The highest BCUT2D eigenvalue weighted by Gasteiger charge is 2.29. The predicted octanol–water partition coefficient (Wildman–Crippen LogP) is 3.28. The van der Waals surface area contributed by atoms with Crippen molar-refractivity contribution in [3.63, 3.8) is 0 Å². The lowest BCUT2D eigenvalue weighted by Gasteiger charge is -2.31. The quantitative estimate of drug-likeness (QED) is 0.755. The molecule has 0 unspecified atom stereocenters. The van der Waals surface area contributed by atoms with Crippen molar-refractivity contribution in [3.8, 4) is 0 Å². The fourth-order valence-corrected chi connectivity index (χ4v) is 3.66. The van der Waals surface area contributed by atoms with E-state index in [1.807, 2.05) is 6.07 Å². The van der Waals surface area contributed by atoms with Crippen LogP contribution < -0.4 is 5.32 Å². The summed E-state index contributed by atoms with van der Waals surface area (Å²) in [4.78, 5) is 0. The molecule has 1 atom stereocenters. The summed E-state index contributed by atoms with van der Waals surface area (Å²) in [6, 6.07) is 6.90. The Kier molecular flexibility index (Phi) is 2.06. The smallest absolute Gasteiger partial charge is 0.0487 e. The van der Waals surface area contributed by atoms with E-state index in [2.05, 4.69) is 22.0 Å². The molecule has 4 rings (SSSR count). The highest BCUT2D eigenvalue weighted by molar-refractivity contribution is 6.31. The van der Waals surface area contributed by atoms with Crippen molar-refractivity contribution in [1.82, 2.24) is 9.88 Å². The molecule has 1 aliphatic heterocycles. The summed E-state index contributed by atoms with van der Waals surface area (Å²) < 4.78 is 2.50. The Hall–Kier alpha value is -0.990. The van der Waals surface area contributed by atoms with Gasteiger partial charge in [0, 0.05) is 40.8 Å². The number of benzene rings is 1. The Bertz CT molecular complexity index is 598. The molecule has 1 aliphatic carbocycles. The van der Waals surface area contributed by atoms with E-state index >= 15 is 0 Å². The van der Waals surface area contributed by atoms with Gasteiger partial charge in [-0.3, -0.25) is 0 Å². The van der Waals surface area contributed by atoms with Crippen molar-refractivity contribution in [2.75, 3.05) is 6.54 Å². The van der Waals surface area contributed by atoms with Crippen LogP contribution in [-0.2, 0) is 13.0 Å². The van der Waals surface area contributed by atoms with E-state index in [0.29, 0.717) is 6.04 Å². The van der Waals surface area contributed by atoms with Crippen molar-refractivity contribution in [2.24, 2.45) is 0 Å². The monoisotopic (exact) mass is 246 g/mol. The molecule has 88 valence electrons. The molecule has 0 bridgehead atoms. The zero-order valence-corrected chi connectivity index (χ0v) is 10.4. The van der Waals surface area contributed by atoms with Gasteiger partial charge in [-0.25, -0.2) is 0 Å². The number of hydrogen-bond donors (Lipinski definition) is 1. The zero-order valence-electron chi connectivity index (χ0n) is 9.67. The molecule has 0 saturated heterocycles. The number of fused-ring (bicyclic) bond motifs is 3. The van der Waals surface area contributed by atoms with Gasteiger partial charge in [-0.15, -0.1) is 0 Å². The van der Waals surface area contributed by atoms with Crippen LogP contribution in [0.5, 0.6) is 0 Å². The number of hydrogen-bond acceptors (Lipinski definition) is 1. The maximum atomic E-state index is 6.14. The molecule has 1 aromatic heterocycles. The summed E-state index contributed by atoms with van der Waals surface area (Å²) in [5, 5.41) is 5.87. The average molecular weight is 247 g/mol. The molecule has 2 aliphatic rings. The van der Waals surface area contributed by atoms with E-state index < -0.39 is 0 Å². The second kappa shape index (κ2) is 3.50. The van der Waals surface area contributed by atoms with Gasteiger partial charge >= 0.3 is 0 Å². The van der Waals surface area contributed by atoms with Crippen LogP contribution in [0.25, 0.3) is 10.9 Å². The molecule has 0 fully saturated rings.